The summed E-state index contributed by atoms with van der Waals surface area (Å²) in [4.78, 5) is 7.69. The number of H-pyrrole nitrogens is 1. The lowest BCUT2D eigenvalue weighted by Gasteiger charge is -2.08. The van der Waals surface area contributed by atoms with Crippen molar-refractivity contribution in [3.05, 3.63) is 65.6 Å². The molecule has 1 N–H and O–H groups in total. The van der Waals surface area contributed by atoms with Crippen LogP contribution in [0.4, 0.5) is 4.39 Å². The number of benzene rings is 1. The minimum absolute atomic E-state index is 0.236. The molecule has 0 saturated carbocycles. The molecule has 3 heteroatoms. The first-order valence-corrected chi connectivity index (χ1v) is 6.52. The average molecular weight is 266 g/mol. The van der Waals surface area contributed by atoms with Gasteiger partial charge < -0.3 is 4.98 Å². The van der Waals surface area contributed by atoms with Gasteiger partial charge in [0.05, 0.1) is 17.1 Å². The molecule has 0 radical (unpaired) electrons. The maximum atomic E-state index is 14.1. The number of halogens is 1. The van der Waals surface area contributed by atoms with Crippen LogP contribution in [-0.2, 0) is 0 Å². The second-order valence-electron chi connectivity index (χ2n) is 4.98. The number of rotatable bonds is 2. The van der Waals surface area contributed by atoms with Gasteiger partial charge in [-0.1, -0.05) is 6.07 Å². The summed E-state index contributed by atoms with van der Waals surface area (Å²) in [5.41, 5.74) is 4.91. The summed E-state index contributed by atoms with van der Waals surface area (Å²) in [5, 5.41) is 0. The first kappa shape index (κ1) is 12.6. The Labute approximate surface area is 117 Å². The van der Waals surface area contributed by atoms with E-state index >= 15 is 0 Å². The second-order valence-corrected chi connectivity index (χ2v) is 4.98. The van der Waals surface area contributed by atoms with Gasteiger partial charge in [0, 0.05) is 11.8 Å². The molecule has 3 aromatic rings. The maximum Gasteiger partial charge on any atom is 0.132 e. The normalized spacial score (nSPS) is 10.8. The fourth-order valence-electron chi connectivity index (χ4n) is 2.26. The third-order valence-corrected chi connectivity index (χ3v) is 3.24. The molecule has 2 heterocycles. The van der Waals surface area contributed by atoms with Gasteiger partial charge in [-0.05, 0) is 61.4 Å². The number of hydrogen-bond acceptors (Lipinski definition) is 1. The Morgan fingerprint density at radius 1 is 0.950 bits per heavy atom. The first-order valence-electron chi connectivity index (χ1n) is 6.52. The van der Waals surface area contributed by atoms with Crippen molar-refractivity contribution in [2.24, 2.45) is 0 Å². The van der Waals surface area contributed by atoms with Crippen LogP contribution in [0.5, 0.6) is 0 Å². The molecule has 3 rings (SSSR count). The van der Waals surface area contributed by atoms with Gasteiger partial charge in [0.25, 0.3) is 0 Å². The summed E-state index contributed by atoms with van der Waals surface area (Å²) in [6.07, 6.45) is 1.85. The Morgan fingerprint density at radius 2 is 1.75 bits per heavy atom. The molecule has 0 aliphatic carbocycles. The number of hydrogen-bond donors (Lipinski definition) is 1. The summed E-state index contributed by atoms with van der Waals surface area (Å²) in [5.74, 6) is -0.236. The van der Waals surface area contributed by atoms with Crippen molar-refractivity contribution in [2.45, 2.75) is 13.8 Å². The third kappa shape index (κ3) is 2.35. The monoisotopic (exact) mass is 266 g/mol. The van der Waals surface area contributed by atoms with Crippen LogP contribution in [0.2, 0.25) is 0 Å². The summed E-state index contributed by atoms with van der Waals surface area (Å²) in [7, 11) is 0. The van der Waals surface area contributed by atoms with E-state index in [9.17, 15) is 4.39 Å². The van der Waals surface area contributed by atoms with Gasteiger partial charge in [-0.15, -0.1) is 0 Å². The number of aromatic amines is 1. The molecule has 2 aromatic heterocycles. The van der Waals surface area contributed by atoms with Crippen LogP contribution in [0.25, 0.3) is 22.6 Å². The van der Waals surface area contributed by atoms with Gasteiger partial charge in [0.2, 0.25) is 0 Å². The van der Waals surface area contributed by atoms with Gasteiger partial charge in [-0.3, -0.25) is 0 Å². The van der Waals surface area contributed by atoms with E-state index in [0.717, 1.165) is 22.5 Å². The fraction of sp³-hybridized carbons (Fsp3) is 0.118. The number of pyridine rings is 1. The Kier molecular flexibility index (Phi) is 3.11. The van der Waals surface area contributed by atoms with Crippen molar-refractivity contribution >= 4 is 0 Å². The van der Waals surface area contributed by atoms with Crippen LogP contribution in [0, 0.1) is 19.7 Å². The molecule has 0 amide bonds. The highest BCUT2D eigenvalue weighted by molar-refractivity contribution is 5.66. The lowest BCUT2D eigenvalue weighted by molar-refractivity contribution is 0.629. The average Bonchev–Trinajstić information content (AvgIpc) is 2.91. The van der Waals surface area contributed by atoms with Crippen molar-refractivity contribution in [2.75, 3.05) is 0 Å². The van der Waals surface area contributed by atoms with Crippen molar-refractivity contribution in [1.82, 2.24) is 9.97 Å². The molecule has 0 aliphatic heterocycles. The Morgan fingerprint density at radius 3 is 2.45 bits per heavy atom. The Balaban J connectivity index is 2.14. The minimum Gasteiger partial charge on any atom is -0.360 e. The predicted octanol–water partition coefficient (Wildman–Crippen LogP) is 4.50. The molecule has 0 saturated heterocycles. The molecule has 0 aliphatic rings. The number of nitrogens with one attached hydrogen (secondary N) is 1. The molecule has 1 aromatic carbocycles. The van der Waals surface area contributed by atoms with E-state index < -0.39 is 0 Å². The second kappa shape index (κ2) is 4.93. The van der Waals surface area contributed by atoms with Gasteiger partial charge in [0.15, 0.2) is 0 Å². The zero-order chi connectivity index (χ0) is 14.1. The van der Waals surface area contributed by atoms with E-state index in [-0.39, 0.29) is 5.82 Å². The molecular weight excluding hydrogens is 251 g/mol. The Hall–Kier alpha value is -2.42. The minimum atomic E-state index is -0.236. The number of aryl methyl sites for hydroxylation is 2. The van der Waals surface area contributed by atoms with Crippen molar-refractivity contribution in [3.63, 3.8) is 0 Å². The largest absolute Gasteiger partial charge is 0.360 e. The van der Waals surface area contributed by atoms with E-state index in [4.69, 9.17) is 0 Å². The van der Waals surface area contributed by atoms with Gasteiger partial charge in [-0.25, -0.2) is 9.37 Å². The van der Waals surface area contributed by atoms with Gasteiger partial charge in [0.1, 0.15) is 5.82 Å². The van der Waals surface area contributed by atoms with Crippen LogP contribution in [-0.4, -0.2) is 9.97 Å². The summed E-state index contributed by atoms with van der Waals surface area (Å²) in [6.45, 7) is 3.87. The van der Waals surface area contributed by atoms with Gasteiger partial charge in [-0.2, -0.15) is 0 Å². The van der Waals surface area contributed by atoms with Crippen LogP contribution in [0.3, 0.4) is 0 Å². The number of nitrogens with zero attached hydrogens (tertiary/aromatic N) is 1. The highest BCUT2D eigenvalue weighted by Crippen LogP contribution is 2.26. The van der Waals surface area contributed by atoms with E-state index in [1.54, 1.807) is 6.07 Å². The highest BCUT2D eigenvalue weighted by atomic mass is 19.1. The maximum absolute atomic E-state index is 14.1. The zero-order valence-electron chi connectivity index (χ0n) is 11.4. The summed E-state index contributed by atoms with van der Waals surface area (Å²) < 4.78 is 14.1. The molecule has 0 spiro atoms. The van der Waals surface area contributed by atoms with Crippen molar-refractivity contribution < 1.29 is 4.39 Å². The molecule has 0 fully saturated rings. The third-order valence-electron chi connectivity index (χ3n) is 3.24. The molecule has 20 heavy (non-hydrogen) atoms. The SMILES string of the molecule is Cc1cc(-c2ccc[nH]2)nc(-c2ccc(C)cc2F)c1. The molecule has 0 atom stereocenters. The van der Waals surface area contributed by atoms with Crippen LogP contribution >= 0.6 is 0 Å². The molecule has 2 nitrogen and oxygen atoms in total. The van der Waals surface area contributed by atoms with Crippen molar-refractivity contribution in [3.8, 4) is 22.6 Å². The van der Waals surface area contributed by atoms with E-state index in [1.165, 1.54) is 6.07 Å². The predicted molar refractivity (Wildman–Crippen MR) is 78.9 cm³/mol. The van der Waals surface area contributed by atoms with Crippen LogP contribution < -0.4 is 0 Å². The standard InChI is InChI=1S/C17H15FN2/c1-11-5-6-13(14(18)8-11)16-9-12(2)10-17(20-16)15-4-3-7-19-15/h3-10,19H,1-2H3. The first-order chi connectivity index (χ1) is 9.63. The lowest BCUT2D eigenvalue weighted by atomic mass is 10.1. The van der Waals surface area contributed by atoms with E-state index in [0.29, 0.717) is 11.3 Å². The molecular formula is C17H15FN2. The van der Waals surface area contributed by atoms with E-state index in [1.807, 2.05) is 50.4 Å². The van der Waals surface area contributed by atoms with Gasteiger partial charge >= 0.3 is 0 Å². The lowest BCUT2D eigenvalue weighted by Crippen LogP contribution is -1.93. The molecule has 0 bridgehead atoms. The van der Waals surface area contributed by atoms with E-state index in [2.05, 4.69) is 9.97 Å². The summed E-state index contributed by atoms with van der Waals surface area (Å²) >= 11 is 0. The smallest absolute Gasteiger partial charge is 0.132 e. The Bertz CT molecular complexity index is 746. The van der Waals surface area contributed by atoms with Crippen LogP contribution in [0.1, 0.15) is 11.1 Å². The topological polar surface area (TPSA) is 28.7 Å². The highest BCUT2D eigenvalue weighted by Gasteiger charge is 2.10. The fourth-order valence-corrected chi connectivity index (χ4v) is 2.26. The zero-order valence-corrected chi connectivity index (χ0v) is 11.4. The summed E-state index contributed by atoms with van der Waals surface area (Å²) in [6, 6.07) is 13.0. The molecule has 100 valence electrons. The van der Waals surface area contributed by atoms with Crippen molar-refractivity contribution in [1.29, 1.82) is 0 Å². The quantitative estimate of drug-likeness (QED) is 0.727. The van der Waals surface area contributed by atoms with Crippen LogP contribution in [0.15, 0.2) is 48.7 Å². The molecule has 0 unspecified atom stereocenters. The number of aromatic nitrogens is 2.